The van der Waals surface area contributed by atoms with Gasteiger partial charge in [-0.2, -0.15) is 0 Å². The van der Waals surface area contributed by atoms with Gasteiger partial charge in [0.05, 0.1) is 11.7 Å². The third-order valence-electron chi connectivity index (χ3n) is 4.56. The lowest BCUT2D eigenvalue weighted by molar-refractivity contribution is -0.128. The molecular formula is C15H29NO3. The maximum Gasteiger partial charge on any atom is 0.0878 e. The molecule has 0 spiro atoms. The average Bonchev–Trinajstić information content (AvgIpc) is 2.94. The zero-order valence-electron chi connectivity index (χ0n) is 12.5. The molecule has 2 fully saturated rings. The van der Waals surface area contributed by atoms with E-state index >= 15 is 0 Å². The van der Waals surface area contributed by atoms with Gasteiger partial charge in [-0.05, 0) is 39.7 Å². The minimum absolute atomic E-state index is 0.0413. The Kier molecular flexibility index (Phi) is 6.07. The van der Waals surface area contributed by atoms with Gasteiger partial charge in [-0.3, -0.25) is 0 Å². The van der Waals surface area contributed by atoms with Crippen LogP contribution < -0.4 is 5.32 Å². The third kappa shape index (κ3) is 3.91. The van der Waals surface area contributed by atoms with Gasteiger partial charge in [-0.1, -0.05) is 0 Å². The van der Waals surface area contributed by atoms with E-state index < -0.39 is 0 Å². The fourth-order valence-corrected chi connectivity index (χ4v) is 3.49. The molecular weight excluding hydrogens is 242 g/mol. The molecule has 2 rings (SSSR count). The number of ether oxygens (including phenoxy) is 3. The van der Waals surface area contributed by atoms with E-state index in [-0.39, 0.29) is 5.60 Å². The molecule has 1 N–H and O–H groups in total. The Hall–Kier alpha value is -0.160. The molecule has 2 atom stereocenters. The number of hydrogen-bond donors (Lipinski definition) is 1. The molecule has 112 valence electrons. The van der Waals surface area contributed by atoms with Crippen LogP contribution in [0.2, 0.25) is 0 Å². The molecule has 2 saturated heterocycles. The summed E-state index contributed by atoms with van der Waals surface area (Å²) >= 11 is 0. The predicted molar refractivity (Wildman–Crippen MR) is 75.5 cm³/mol. The zero-order valence-corrected chi connectivity index (χ0v) is 12.5. The molecule has 2 aliphatic heterocycles. The average molecular weight is 271 g/mol. The quantitative estimate of drug-likeness (QED) is 0.770. The van der Waals surface area contributed by atoms with Gasteiger partial charge < -0.3 is 19.5 Å². The Morgan fingerprint density at radius 2 is 2.11 bits per heavy atom. The smallest absolute Gasteiger partial charge is 0.0878 e. The van der Waals surface area contributed by atoms with Crippen LogP contribution in [0, 0.1) is 0 Å². The SMILES string of the molecule is CCOC1(C(CCC2CCCO2)NC)CCOCC1. The normalized spacial score (nSPS) is 28.4. The maximum absolute atomic E-state index is 6.16. The van der Waals surface area contributed by atoms with E-state index in [4.69, 9.17) is 14.2 Å². The van der Waals surface area contributed by atoms with E-state index in [9.17, 15) is 0 Å². The second-order valence-corrected chi connectivity index (χ2v) is 5.66. The standard InChI is InChI=1S/C15H29NO3/c1-3-19-15(8-11-17-12-9-15)14(16-2)7-6-13-5-4-10-18-13/h13-14,16H,3-12H2,1-2H3. The molecule has 0 aromatic carbocycles. The van der Waals surface area contributed by atoms with Crippen molar-refractivity contribution in [1.82, 2.24) is 5.32 Å². The maximum atomic E-state index is 6.16. The van der Waals surface area contributed by atoms with Gasteiger partial charge in [-0.15, -0.1) is 0 Å². The summed E-state index contributed by atoms with van der Waals surface area (Å²) in [6.45, 7) is 5.44. The van der Waals surface area contributed by atoms with Crippen molar-refractivity contribution < 1.29 is 14.2 Å². The van der Waals surface area contributed by atoms with E-state index in [2.05, 4.69) is 19.3 Å². The summed E-state index contributed by atoms with van der Waals surface area (Å²) in [6.07, 6.45) is 7.17. The Morgan fingerprint density at radius 3 is 2.68 bits per heavy atom. The predicted octanol–water partition coefficient (Wildman–Crippen LogP) is 2.12. The fourth-order valence-electron chi connectivity index (χ4n) is 3.49. The minimum Gasteiger partial charge on any atom is -0.381 e. The van der Waals surface area contributed by atoms with E-state index in [1.807, 2.05) is 0 Å². The van der Waals surface area contributed by atoms with Gasteiger partial charge in [0, 0.05) is 45.3 Å². The van der Waals surface area contributed by atoms with Crippen LogP contribution in [0.1, 0.15) is 45.4 Å². The number of rotatable bonds is 7. The van der Waals surface area contributed by atoms with Gasteiger partial charge in [0.25, 0.3) is 0 Å². The lowest BCUT2D eigenvalue weighted by Crippen LogP contribution is -2.54. The number of nitrogens with one attached hydrogen (secondary N) is 1. The summed E-state index contributed by atoms with van der Waals surface area (Å²) < 4.78 is 17.4. The molecule has 0 aromatic rings. The van der Waals surface area contributed by atoms with Crippen molar-refractivity contribution in [3.05, 3.63) is 0 Å². The summed E-state index contributed by atoms with van der Waals surface area (Å²) in [7, 11) is 2.05. The highest BCUT2D eigenvalue weighted by Gasteiger charge is 2.40. The second kappa shape index (κ2) is 7.58. The molecule has 0 radical (unpaired) electrons. The zero-order chi connectivity index (χ0) is 13.6. The third-order valence-corrected chi connectivity index (χ3v) is 4.56. The van der Waals surface area contributed by atoms with Gasteiger partial charge in [0.1, 0.15) is 0 Å². The van der Waals surface area contributed by atoms with Crippen LogP contribution in [0.4, 0.5) is 0 Å². The molecule has 19 heavy (non-hydrogen) atoms. The molecule has 0 aromatic heterocycles. The summed E-state index contributed by atoms with van der Waals surface area (Å²) in [5.74, 6) is 0. The fraction of sp³-hybridized carbons (Fsp3) is 1.00. The Morgan fingerprint density at radius 1 is 1.32 bits per heavy atom. The van der Waals surface area contributed by atoms with Gasteiger partial charge >= 0.3 is 0 Å². The molecule has 0 bridgehead atoms. The van der Waals surface area contributed by atoms with Crippen LogP contribution in [0.5, 0.6) is 0 Å². The van der Waals surface area contributed by atoms with Crippen molar-refractivity contribution in [1.29, 1.82) is 0 Å². The Bertz CT molecular complexity index is 242. The van der Waals surface area contributed by atoms with E-state index in [0.29, 0.717) is 12.1 Å². The molecule has 0 aliphatic carbocycles. The molecule has 4 heteroatoms. The van der Waals surface area contributed by atoms with Crippen LogP contribution in [0.15, 0.2) is 0 Å². The highest BCUT2D eigenvalue weighted by Crippen LogP contribution is 2.32. The number of likely N-dealkylation sites (N-methyl/N-ethyl adjacent to an activating group) is 1. The molecule has 0 amide bonds. The van der Waals surface area contributed by atoms with E-state index in [1.165, 1.54) is 12.8 Å². The summed E-state index contributed by atoms with van der Waals surface area (Å²) in [5, 5.41) is 3.49. The van der Waals surface area contributed by atoms with Crippen molar-refractivity contribution >= 4 is 0 Å². The van der Waals surface area contributed by atoms with Crippen molar-refractivity contribution in [2.45, 2.75) is 63.2 Å². The first kappa shape index (κ1) is 15.2. The lowest BCUT2D eigenvalue weighted by atomic mass is 9.83. The first-order valence-corrected chi connectivity index (χ1v) is 7.81. The van der Waals surface area contributed by atoms with E-state index in [1.54, 1.807) is 0 Å². The van der Waals surface area contributed by atoms with Crippen molar-refractivity contribution in [3.63, 3.8) is 0 Å². The highest BCUT2D eigenvalue weighted by atomic mass is 16.5. The summed E-state index contributed by atoms with van der Waals surface area (Å²) in [5.41, 5.74) is -0.0413. The van der Waals surface area contributed by atoms with E-state index in [0.717, 1.165) is 52.1 Å². The number of hydrogen-bond acceptors (Lipinski definition) is 4. The summed E-state index contributed by atoms with van der Waals surface area (Å²) in [4.78, 5) is 0. The first-order chi connectivity index (χ1) is 9.30. The molecule has 2 heterocycles. The topological polar surface area (TPSA) is 39.7 Å². The first-order valence-electron chi connectivity index (χ1n) is 7.81. The minimum atomic E-state index is -0.0413. The van der Waals surface area contributed by atoms with Crippen LogP contribution in [0.3, 0.4) is 0 Å². The molecule has 0 saturated carbocycles. The van der Waals surface area contributed by atoms with Crippen LogP contribution in [-0.4, -0.2) is 51.2 Å². The van der Waals surface area contributed by atoms with Crippen LogP contribution in [0.25, 0.3) is 0 Å². The molecule has 4 nitrogen and oxygen atoms in total. The monoisotopic (exact) mass is 271 g/mol. The second-order valence-electron chi connectivity index (χ2n) is 5.66. The molecule has 2 unspecified atom stereocenters. The van der Waals surface area contributed by atoms with Crippen LogP contribution in [-0.2, 0) is 14.2 Å². The Labute approximate surface area is 117 Å². The lowest BCUT2D eigenvalue weighted by Gasteiger charge is -2.43. The largest absolute Gasteiger partial charge is 0.381 e. The van der Waals surface area contributed by atoms with Gasteiger partial charge in [0.15, 0.2) is 0 Å². The van der Waals surface area contributed by atoms with Gasteiger partial charge in [0.2, 0.25) is 0 Å². The van der Waals surface area contributed by atoms with Crippen LogP contribution >= 0.6 is 0 Å². The highest BCUT2D eigenvalue weighted by molar-refractivity contribution is 4.95. The van der Waals surface area contributed by atoms with Crippen molar-refractivity contribution in [3.8, 4) is 0 Å². The van der Waals surface area contributed by atoms with Crippen molar-refractivity contribution in [2.75, 3.05) is 33.5 Å². The van der Waals surface area contributed by atoms with Gasteiger partial charge in [-0.25, -0.2) is 0 Å². The van der Waals surface area contributed by atoms with Crippen molar-refractivity contribution in [2.24, 2.45) is 0 Å². The Balaban J connectivity index is 1.91. The molecule has 2 aliphatic rings. The summed E-state index contributed by atoms with van der Waals surface area (Å²) in [6, 6.07) is 0.403.